The van der Waals surface area contributed by atoms with E-state index in [1.54, 1.807) is 6.20 Å². The topological polar surface area (TPSA) is 108 Å². The van der Waals surface area contributed by atoms with Crippen LogP contribution < -0.4 is 10.6 Å². The molecule has 0 spiro atoms. The standard InChI is InChI=1S/C23H27N7O2/c1-13-9-21(29-28-13)26-20-12-18-17(3-2-7-24-18)22(27-20)25-14-10-15-4-5-16(11-14)30(15)19-6-8-32-23(19)31/h2-3,7,9,12,14-16,19H,4-6,8,10-11H2,1H3,(H3,25,26,27,28,29)/t14?,15-,16+,19-/m0/s1. The van der Waals surface area contributed by atoms with E-state index in [9.17, 15) is 4.79 Å². The monoisotopic (exact) mass is 433 g/mol. The zero-order valence-electron chi connectivity index (χ0n) is 18.0. The van der Waals surface area contributed by atoms with Gasteiger partial charge < -0.3 is 15.4 Å². The van der Waals surface area contributed by atoms with Gasteiger partial charge in [0.1, 0.15) is 17.7 Å². The second-order valence-electron chi connectivity index (χ2n) is 9.10. The third kappa shape index (κ3) is 3.46. The van der Waals surface area contributed by atoms with Gasteiger partial charge in [0.05, 0.1) is 12.1 Å². The van der Waals surface area contributed by atoms with E-state index >= 15 is 0 Å². The Hall–Kier alpha value is -3.20. The van der Waals surface area contributed by atoms with Gasteiger partial charge in [-0.2, -0.15) is 5.10 Å². The van der Waals surface area contributed by atoms with Gasteiger partial charge in [-0.05, 0) is 44.7 Å². The predicted molar refractivity (Wildman–Crippen MR) is 121 cm³/mol. The lowest BCUT2D eigenvalue weighted by Gasteiger charge is -2.41. The third-order valence-corrected chi connectivity index (χ3v) is 6.96. The maximum absolute atomic E-state index is 12.2. The normalized spacial score (nSPS) is 27.6. The van der Waals surface area contributed by atoms with Crippen molar-refractivity contribution in [3.63, 3.8) is 0 Å². The Morgan fingerprint density at radius 3 is 2.72 bits per heavy atom. The Balaban J connectivity index is 1.25. The molecule has 9 nitrogen and oxygen atoms in total. The summed E-state index contributed by atoms with van der Waals surface area (Å²) in [5, 5.41) is 15.2. The van der Waals surface area contributed by atoms with E-state index < -0.39 is 0 Å². The summed E-state index contributed by atoms with van der Waals surface area (Å²) >= 11 is 0. The second-order valence-corrected chi connectivity index (χ2v) is 9.10. The fourth-order valence-electron chi connectivity index (χ4n) is 5.65. The smallest absolute Gasteiger partial charge is 0.323 e. The van der Waals surface area contributed by atoms with E-state index in [0.29, 0.717) is 30.6 Å². The average Bonchev–Trinajstić information content (AvgIpc) is 3.45. The molecule has 4 atom stereocenters. The van der Waals surface area contributed by atoms with Crippen molar-refractivity contribution in [3.05, 3.63) is 36.2 Å². The van der Waals surface area contributed by atoms with E-state index in [1.165, 1.54) is 0 Å². The Morgan fingerprint density at radius 1 is 1.16 bits per heavy atom. The van der Waals surface area contributed by atoms with E-state index in [4.69, 9.17) is 9.72 Å². The van der Waals surface area contributed by atoms with Crippen LogP contribution in [0.5, 0.6) is 0 Å². The van der Waals surface area contributed by atoms with Crippen molar-refractivity contribution < 1.29 is 9.53 Å². The number of esters is 1. The number of hydrogen-bond donors (Lipinski definition) is 3. The number of nitrogens with zero attached hydrogens (tertiary/aromatic N) is 4. The van der Waals surface area contributed by atoms with Crippen LogP contribution >= 0.6 is 0 Å². The number of piperidine rings is 1. The number of fused-ring (bicyclic) bond motifs is 3. The van der Waals surface area contributed by atoms with Crippen molar-refractivity contribution in [2.24, 2.45) is 0 Å². The van der Waals surface area contributed by atoms with Crippen LogP contribution in [0.2, 0.25) is 0 Å². The highest BCUT2D eigenvalue weighted by atomic mass is 16.5. The van der Waals surface area contributed by atoms with Crippen LogP contribution in [0, 0.1) is 6.92 Å². The molecule has 0 amide bonds. The van der Waals surface area contributed by atoms with Crippen molar-refractivity contribution in [3.8, 4) is 0 Å². The van der Waals surface area contributed by atoms with Crippen LogP contribution in [0.25, 0.3) is 10.9 Å². The maximum Gasteiger partial charge on any atom is 0.323 e. The highest BCUT2D eigenvalue weighted by Crippen LogP contribution is 2.40. The number of H-pyrrole nitrogens is 1. The minimum absolute atomic E-state index is 0.0422. The lowest BCUT2D eigenvalue weighted by Crippen LogP contribution is -2.53. The van der Waals surface area contributed by atoms with E-state index in [0.717, 1.165) is 60.3 Å². The molecule has 0 aromatic carbocycles. The number of cyclic esters (lactones) is 1. The first-order valence-corrected chi connectivity index (χ1v) is 11.4. The quantitative estimate of drug-likeness (QED) is 0.527. The van der Waals surface area contributed by atoms with Gasteiger partial charge in [-0.15, -0.1) is 0 Å². The van der Waals surface area contributed by atoms with Gasteiger partial charge in [0, 0.05) is 54.0 Å². The molecule has 6 rings (SSSR count). The van der Waals surface area contributed by atoms with Gasteiger partial charge in [0.2, 0.25) is 0 Å². The molecular weight excluding hydrogens is 406 g/mol. The summed E-state index contributed by atoms with van der Waals surface area (Å²) < 4.78 is 5.25. The van der Waals surface area contributed by atoms with Gasteiger partial charge in [-0.3, -0.25) is 19.8 Å². The van der Waals surface area contributed by atoms with Crippen molar-refractivity contribution in [1.82, 2.24) is 25.1 Å². The molecule has 3 fully saturated rings. The molecule has 0 saturated carbocycles. The van der Waals surface area contributed by atoms with Crippen LogP contribution in [0.3, 0.4) is 0 Å². The van der Waals surface area contributed by atoms with Crippen LogP contribution in [0.15, 0.2) is 30.5 Å². The Morgan fingerprint density at radius 2 is 2.00 bits per heavy atom. The number of nitrogens with one attached hydrogen (secondary N) is 3. The number of pyridine rings is 2. The summed E-state index contributed by atoms with van der Waals surface area (Å²) in [6.45, 7) is 2.52. The molecule has 1 unspecified atom stereocenters. The molecule has 3 N–H and O–H groups in total. The first-order valence-electron chi connectivity index (χ1n) is 11.4. The molecule has 3 aliphatic rings. The first kappa shape index (κ1) is 19.5. The Bertz CT molecular complexity index is 1150. The minimum Gasteiger partial charge on any atom is -0.464 e. The number of carbonyl (C=O) groups is 1. The third-order valence-electron chi connectivity index (χ3n) is 6.96. The Labute approximate surface area is 186 Å². The molecule has 0 radical (unpaired) electrons. The van der Waals surface area contributed by atoms with Gasteiger partial charge in [0.25, 0.3) is 0 Å². The van der Waals surface area contributed by atoms with Crippen molar-refractivity contribution in [2.75, 3.05) is 17.2 Å². The first-order chi connectivity index (χ1) is 15.6. The number of aromatic amines is 1. The molecular formula is C23H27N7O2. The summed E-state index contributed by atoms with van der Waals surface area (Å²) in [6.07, 6.45) is 6.90. The number of ether oxygens (including phenoxy) is 1. The van der Waals surface area contributed by atoms with E-state index in [1.807, 2.05) is 25.1 Å². The molecule has 2 bridgehead atoms. The van der Waals surface area contributed by atoms with Gasteiger partial charge in [-0.25, -0.2) is 4.98 Å². The highest BCUT2D eigenvalue weighted by Gasteiger charge is 2.47. The molecule has 32 heavy (non-hydrogen) atoms. The molecule has 3 aliphatic heterocycles. The molecule has 6 heterocycles. The Kier molecular flexibility index (Phi) is 4.71. The summed E-state index contributed by atoms with van der Waals surface area (Å²) in [6, 6.07) is 8.97. The van der Waals surface area contributed by atoms with Crippen molar-refractivity contribution in [1.29, 1.82) is 0 Å². The van der Waals surface area contributed by atoms with Gasteiger partial charge in [0.15, 0.2) is 5.82 Å². The zero-order chi connectivity index (χ0) is 21.7. The zero-order valence-corrected chi connectivity index (χ0v) is 18.0. The fraction of sp³-hybridized carbons (Fsp3) is 0.478. The van der Waals surface area contributed by atoms with E-state index in [2.05, 4.69) is 36.8 Å². The van der Waals surface area contributed by atoms with Crippen LogP contribution in [0.1, 0.15) is 37.8 Å². The average molecular weight is 434 g/mol. The largest absolute Gasteiger partial charge is 0.464 e. The van der Waals surface area contributed by atoms with Crippen LogP contribution in [0.4, 0.5) is 17.5 Å². The van der Waals surface area contributed by atoms with Crippen molar-refractivity contribution >= 4 is 34.3 Å². The lowest BCUT2D eigenvalue weighted by atomic mass is 9.94. The molecule has 9 heteroatoms. The number of anilines is 3. The summed E-state index contributed by atoms with van der Waals surface area (Å²) in [4.78, 5) is 24.1. The maximum atomic E-state index is 12.2. The lowest BCUT2D eigenvalue weighted by molar-refractivity contribution is -0.143. The van der Waals surface area contributed by atoms with Gasteiger partial charge >= 0.3 is 5.97 Å². The predicted octanol–water partition coefficient (Wildman–Crippen LogP) is 3.13. The number of carbonyl (C=O) groups excluding carboxylic acids is 1. The van der Waals surface area contributed by atoms with Crippen LogP contribution in [-0.2, 0) is 9.53 Å². The molecule has 3 saturated heterocycles. The number of aryl methyl sites for hydroxylation is 1. The summed E-state index contributed by atoms with van der Waals surface area (Å²) in [7, 11) is 0. The summed E-state index contributed by atoms with van der Waals surface area (Å²) in [5.41, 5.74) is 1.87. The van der Waals surface area contributed by atoms with E-state index in [-0.39, 0.29) is 12.0 Å². The molecule has 0 aliphatic carbocycles. The number of hydrogen-bond acceptors (Lipinski definition) is 8. The van der Waals surface area contributed by atoms with Crippen molar-refractivity contribution in [2.45, 2.75) is 63.2 Å². The summed E-state index contributed by atoms with van der Waals surface area (Å²) in [5.74, 6) is 2.23. The molecule has 3 aromatic heterocycles. The fourth-order valence-corrected chi connectivity index (χ4v) is 5.65. The minimum atomic E-state index is -0.0542. The van der Waals surface area contributed by atoms with Crippen LogP contribution in [-0.4, -0.2) is 61.8 Å². The van der Waals surface area contributed by atoms with Gasteiger partial charge in [-0.1, -0.05) is 0 Å². The molecule has 3 aromatic rings. The second kappa shape index (κ2) is 7.74. The SMILES string of the molecule is Cc1cc(Nc2cc3ncccc3c(NC3C[C@H]4CC[C@@H](C3)N4[C@H]3CCOC3=O)n2)n[nH]1. The number of aromatic nitrogens is 4. The number of rotatable bonds is 5. The highest BCUT2D eigenvalue weighted by molar-refractivity contribution is 5.91. The molecule has 166 valence electrons.